The molecule has 6 aromatic carbocycles. The van der Waals surface area contributed by atoms with Crippen LogP contribution in [-0.2, 0) is 19.2 Å². The highest BCUT2D eigenvalue weighted by atomic mass is 32.2. The number of carboxylic acids is 2. The van der Waals surface area contributed by atoms with Crippen molar-refractivity contribution >= 4 is 139 Å². The number of carboxylic acid groups (broad SMARTS) is 2. The lowest BCUT2D eigenvalue weighted by Crippen LogP contribution is -2.33. The maximum atomic E-state index is 12.9. The van der Waals surface area contributed by atoms with Crippen molar-refractivity contribution in [3.8, 4) is 5.75 Å². The molecule has 2 N–H and O–H groups in total. The number of hydrogen-bond acceptors (Lipinski definition) is 11. The second kappa shape index (κ2) is 21.4. The van der Waals surface area contributed by atoms with Crippen LogP contribution in [0.1, 0.15) is 22.3 Å². The van der Waals surface area contributed by atoms with E-state index in [1.165, 1.54) is 0 Å². The lowest BCUT2D eigenvalue weighted by Gasteiger charge is -2.26. The van der Waals surface area contributed by atoms with Crippen LogP contribution in [0.25, 0.3) is 24.3 Å². The monoisotopic (exact) mass is 972 g/mol. The topological polar surface area (TPSA) is 131 Å². The van der Waals surface area contributed by atoms with Crippen molar-refractivity contribution in [1.29, 1.82) is 0 Å². The zero-order chi connectivity index (χ0) is 47.7. The molecule has 2 amide bonds. The molecule has 0 radical (unpaired) electrons. The summed E-state index contributed by atoms with van der Waals surface area (Å²) in [7, 11) is 1.66. The number of aliphatic carboxylic acids is 2. The van der Waals surface area contributed by atoms with Gasteiger partial charge in [-0.05, 0) is 119 Å². The van der Waals surface area contributed by atoms with Crippen LogP contribution in [0.2, 0.25) is 0 Å². The molecule has 15 heteroatoms. The lowest BCUT2D eigenvalue weighted by molar-refractivity contribution is -0.140. The number of thioether (sulfide) groups is 2. The third kappa shape index (κ3) is 11.2. The number of thiocarbonyl (C=S) groups is 2. The predicted octanol–water partition coefficient (Wildman–Crippen LogP) is 11.9. The first-order chi connectivity index (χ1) is 32.9. The summed E-state index contributed by atoms with van der Waals surface area (Å²) in [6, 6.07) is 49.9. The Morgan fingerprint density at radius 1 is 0.515 bits per heavy atom. The molecule has 0 saturated carbocycles. The highest BCUT2D eigenvalue weighted by molar-refractivity contribution is 8.27. The Labute approximate surface area is 412 Å². The van der Waals surface area contributed by atoms with E-state index < -0.39 is 36.8 Å². The Balaban J connectivity index is 1.01. The van der Waals surface area contributed by atoms with Crippen molar-refractivity contribution in [2.45, 2.75) is 0 Å². The summed E-state index contributed by atoms with van der Waals surface area (Å²) in [5, 5.41) is 18.5. The van der Waals surface area contributed by atoms with Gasteiger partial charge >= 0.3 is 11.9 Å². The Morgan fingerprint density at radius 3 is 1.18 bits per heavy atom. The maximum Gasteiger partial charge on any atom is 0.323 e. The fourth-order valence-electron chi connectivity index (χ4n) is 7.29. The van der Waals surface area contributed by atoms with E-state index in [9.17, 15) is 29.4 Å². The number of allylic oxidation sites excluding steroid dienone is 2. The van der Waals surface area contributed by atoms with Gasteiger partial charge in [-0.15, -0.1) is 0 Å². The van der Waals surface area contributed by atoms with Gasteiger partial charge < -0.3 is 24.7 Å². The van der Waals surface area contributed by atoms with Gasteiger partial charge in [0.1, 0.15) is 27.5 Å². The zero-order valence-electron chi connectivity index (χ0n) is 36.2. The molecule has 2 heterocycles. The van der Waals surface area contributed by atoms with Crippen LogP contribution >= 0.6 is 48.0 Å². The summed E-state index contributed by atoms with van der Waals surface area (Å²) in [6.07, 6.45) is 11.5. The fourth-order valence-corrected chi connectivity index (χ4v) is 9.80. The van der Waals surface area contributed by atoms with Crippen LogP contribution in [0.5, 0.6) is 5.75 Å². The molecule has 0 atom stereocenters. The van der Waals surface area contributed by atoms with Gasteiger partial charge in [0.15, 0.2) is 0 Å². The Kier molecular flexibility index (Phi) is 14.8. The molecule has 2 saturated heterocycles. The largest absolute Gasteiger partial charge is 0.497 e. The van der Waals surface area contributed by atoms with E-state index in [-0.39, 0.29) is 8.64 Å². The minimum atomic E-state index is -1.15. The Bertz CT molecular complexity index is 2900. The molecule has 68 heavy (non-hydrogen) atoms. The predicted molar refractivity (Wildman–Crippen MR) is 282 cm³/mol. The summed E-state index contributed by atoms with van der Waals surface area (Å²) in [5.41, 5.74) is 9.07. The van der Waals surface area contributed by atoms with Gasteiger partial charge in [-0.25, -0.2) is 0 Å². The van der Waals surface area contributed by atoms with Gasteiger partial charge in [-0.3, -0.25) is 29.0 Å². The first-order valence-corrected chi connectivity index (χ1v) is 23.4. The van der Waals surface area contributed by atoms with Crippen LogP contribution in [0.4, 0.5) is 34.1 Å². The average Bonchev–Trinajstić information content (AvgIpc) is 3.76. The van der Waals surface area contributed by atoms with Gasteiger partial charge in [-0.1, -0.05) is 139 Å². The number of hydrogen-bond donors (Lipinski definition) is 2. The third-order valence-electron chi connectivity index (χ3n) is 10.6. The van der Waals surface area contributed by atoms with Crippen molar-refractivity contribution in [1.82, 2.24) is 9.80 Å². The van der Waals surface area contributed by atoms with Gasteiger partial charge in [0.25, 0.3) is 11.8 Å². The number of amides is 2. The van der Waals surface area contributed by atoms with E-state index in [0.29, 0.717) is 9.81 Å². The summed E-state index contributed by atoms with van der Waals surface area (Å²) in [4.78, 5) is 55.6. The number of carbonyl (C=O) groups excluding carboxylic acids is 2. The van der Waals surface area contributed by atoms with E-state index >= 15 is 0 Å². The molecule has 8 rings (SSSR count). The molecule has 2 aliphatic heterocycles. The number of methoxy groups -OCH3 is 1. The highest BCUT2D eigenvalue weighted by Crippen LogP contribution is 2.39. The van der Waals surface area contributed by atoms with Crippen molar-refractivity contribution in [3.63, 3.8) is 0 Å². The lowest BCUT2D eigenvalue weighted by atomic mass is 10.1. The van der Waals surface area contributed by atoms with Gasteiger partial charge in [-0.2, -0.15) is 0 Å². The second-order valence-electron chi connectivity index (χ2n) is 15.1. The summed E-state index contributed by atoms with van der Waals surface area (Å²) >= 11 is 12.7. The van der Waals surface area contributed by atoms with Crippen LogP contribution < -0.4 is 14.5 Å². The zero-order valence-corrected chi connectivity index (χ0v) is 39.4. The number of benzene rings is 6. The number of rotatable bonds is 16. The molecule has 0 bridgehead atoms. The molecular formula is C53H40N4O7S4. The first kappa shape index (κ1) is 47.0. The SMILES string of the molecule is COc1ccc(N(c2ccccc2)c2ccc(C=CC=Cc3ccc(N(c4ccc(/C=C5\SC(=S)N(CC(=O)O)C5=O)cc4)c4ccc(/C=C5/SC(=S)N(CC(=O)O)C5=O)cc4)cc3)cc2)cc1. The van der Waals surface area contributed by atoms with Crippen molar-refractivity contribution < 1.29 is 34.1 Å². The molecule has 338 valence electrons. The van der Waals surface area contributed by atoms with Crippen molar-refractivity contribution in [2.75, 3.05) is 30.0 Å². The van der Waals surface area contributed by atoms with E-state index in [1.807, 2.05) is 133 Å². The third-order valence-corrected chi connectivity index (χ3v) is 13.3. The fraction of sp³-hybridized carbons (Fsp3) is 0.0566. The van der Waals surface area contributed by atoms with Crippen LogP contribution in [-0.4, -0.2) is 72.6 Å². The number of ether oxygens (including phenoxy) is 1. The van der Waals surface area contributed by atoms with E-state index in [1.54, 1.807) is 19.3 Å². The molecule has 2 aliphatic rings. The molecule has 0 spiro atoms. The number of para-hydroxylation sites is 1. The molecular weight excluding hydrogens is 933 g/mol. The number of anilines is 6. The van der Waals surface area contributed by atoms with Gasteiger partial charge in [0.2, 0.25) is 0 Å². The molecule has 2 fully saturated rings. The molecule has 0 aliphatic carbocycles. The molecule has 11 nitrogen and oxygen atoms in total. The number of nitrogens with zero attached hydrogens (tertiary/aromatic N) is 4. The molecule has 0 aromatic heterocycles. The van der Waals surface area contributed by atoms with Crippen LogP contribution in [0.15, 0.2) is 174 Å². The van der Waals surface area contributed by atoms with Gasteiger partial charge in [0.05, 0.1) is 16.9 Å². The summed E-state index contributed by atoms with van der Waals surface area (Å²) in [6.45, 7) is -1.00. The summed E-state index contributed by atoms with van der Waals surface area (Å²) < 4.78 is 5.77. The number of carbonyl (C=O) groups is 4. The van der Waals surface area contributed by atoms with E-state index in [0.717, 1.165) is 95.5 Å². The minimum Gasteiger partial charge on any atom is -0.497 e. The van der Waals surface area contributed by atoms with E-state index in [4.69, 9.17) is 29.2 Å². The van der Waals surface area contributed by atoms with Crippen LogP contribution in [0.3, 0.4) is 0 Å². The van der Waals surface area contributed by atoms with Crippen molar-refractivity contribution in [2.24, 2.45) is 0 Å². The second-order valence-corrected chi connectivity index (χ2v) is 18.5. The quantitative estimate of drug-likeness (QED) is 0.0542. The van der Waals surface area contributed by atoms with E-state index in [2.05, 4.69) is 52.3 Å². The van der Waals surface area contributed by atoms with Crippen molar-refractivity contribution in [3.05, 3.63) is 196 Å². The minimum absolute atomic E-state index is 0.193. The highest BCUT2D eigenvalue weighted by Gasteiger charge is 2.34. The van der Waals surface area contributed by atoms with Crippen LogP contribution in [0, 0.1) is 0 Å². The maximum absolute atomic E-state index is 12.9. The summed E-state index contributed by atoms with van der Waals surface area (Å²) in [5.74, 6) is -2.40. The Hall–Kier alpha value is -7.56. The smallest absolute Gasteiger partial charge is 0.323 e. The van der Waals surface area contributed by atoms with Gasteiger partial charge in [0, 0.05) is 34.1 Å². The average molecular weight is 973 g/mol. The standard InChI is InChI=1S/C53H40N4O7S4/c1-64-45-29-27-44(28-30-45)56(39-9-3-2-4-10-39)40-19-11-35(12-20-40)7-5-6-8-36-13-21-41(22-14-36)57(42-23-15-37(16-24-42)31-46-50(62)54(33-48(58)59)52(65)67-46)43-25-17-38(18-26-43)32-47-51(63)55(34-49(60)61)53(66)68-47/h2-32H,33-34H2,1H3,(H,58,59)(H,60,61)/b7-5?,8-6?,46-31-,47-32+. The molecule has 0 unspecified atom stereocenters. The first-order valence-electron chi connectivity index (χ1n) is 20.9. The Morgan fingerprint density at radius 2 is 0.838 bits per heavy atom. The molecule has 6 aromatic rings. The normalized spacial score (nSPS) is 15.1.